The highest BCUT2D eigenvalue weighted by molar-refractivity contribution is 9.10. The Morgan fingerprint density at radius 3 is 2.87 bits per heavy atom. The van der Waals surface area contributed by atoms with Crippen LogP contribution in [0.4, 0.5) is 0 Å². The van der Waals surface area contributed by atoms with Gasteiger partial charge in [-0.05, 0) is 49.2 Å². The second-order valence-corrected chi connectivity index (χ2v) is 6.22. The van der Waals surface area contributed by atoms with Gasteiger partial charge >= 0.3 is 0 Å². The van der Waals surface area contributed by atoms with Crippen molar-refractivity contribution >= 4 is 33.5 Å². The quantitative estimate of drug-likeness (QED) is 0.578. The summed E-state index contributed by atoms with van der Waals surface area (Å²) in [4.78, 5) is 8.83. The van der Waals surface area contributed by atoms with Crippen LogP contribution in [0, 0.1) is 0 Å². The summed E-state index contributed by atoms with van der Waals surface area (Å²) in [6.45, 7) is 4.18. The van der Waals surface area contributed by atoms with Crippen LogP contribution in [0.5, 0.6) is 0 Å². The first-order valence-corrected chi connectivity index (χ1v) is 8.72. The number of aliphatic imine (C=N–C) groups is 1. The van der Waals surface area contributed by atoms with Crippen LogP contribution in [0.1, 0.15) is 18.2 Å². The van der Waals surface area contributed by atoms with Crippen molar-refractivity contribution in [2.24, 2.45) is 4.99 Å². The lowest BCUT2D eigenvalue weighted by Crippen LogP contribution is -2.38. The third kappa shape index (κ3) is 6.20. The Hall–Kier alpha value is -1.59. The molecule has 0 saturated heterocycles. The summed E-state index contributed by atoms with van der Waals surface area (Å²) in [5.41, 5.74) is 2.12. The van der Waals surface area contributed by atoms with Crippen LogP contribution in [0.2, 0.25) is 5.02 Å². The maximum Gasteiger partial charge on any atom is 0.191 e. The van der Waals surface area contributed by atoms with E-state index >= 15 is 0 Å². The van der Waals surface area contributed by atoms with E-state index < -0.39 is 0 Å². The monoisotopic (exact) mass is 394 g/mol. The summed E-state index contributed by atoms with van der Waals surface area (Å²) in [6, 6.07) is 11.7. The molecule has 2 N–H and O–H groups in total. The number of nitrogens with one attached hydrogen (secondary N) is 2. The maximum absolute atomic E-state index is 6.04. The fourth-order valence-corrected chi connectivity index (χ4v) is 2.68. The molecule has 1 heterocycles. The average molecular weight is 396 g/mol. The largest absolute Gasteiger partial charge is 0.357 e. The molecule has 0 saturated carbocycles. The lowest BCUT2D eigenvalue weighted by molar-refractivity contribution is 0.795. The summed E-state index contributed by atoms with van der Waals surface area (Å²) < 4.78 is 1.07. The third-order valence-electron chi connectivity index (χ3n) is 3.16. The first-order chi connectivity index (χ1) is 11.2. The molecule has 0 amide bonds. The topological polar surface area (TPSA) is 49.3 Å². The van der Waals surface area contributed by atoms with E-state index in [1.807, 2.05) is 43.3 Å². The second kappa shape index (κ2) is 9.53. The van der Waals surface area contributed by atoms with Gasteiger partial charge in [-0.25, -0.2) is 4.99 Å². The van der Waals surface area contributed by atoms with Gasteiger partial charge in [-0.15, -0.1) is 0 Å². The number of benzene rings is 1. The molecule has 0 spiro atoms. The van der Waals surface area contributed by atoms with E-state index in [-0.39, 0.29) is 0 Å². The number of nitrogens with zero attached hydrogens (tertiary/aromatic N) is 2. The highest BCUT2D eigenvalue weighted by Gasteiger charge is 2.02. The van der Waals surface area contributed by atoms with Crippen LogP contribution >= 0.6 is 27.5 Å². The van der Waals surface area contributed by atoms with Gasteiger partial charge in [-0.2, -0.15) is 0 Å². The molecule has 0 fully saturated rings. The van der Waals surface area contributed by atoms with Gasteiger partial charge in [0.15, 0.2) is 5.96 Å². The minimum atomic E-state index is 0.553. The van der Waals surface area contributed by atoms with Gasteiger partial charge in [-0.3, -0.25) is 4.98 Å². The first kappa shape index (κ1) is 17.8. The van der Waals surface area contributed by atoms with Crippen molar-refractivity contribution in [3.8, 4) is 0 Å². The fraction of sp³-hybridized carbons (Fsp3) is 0.294. The Morgan fingerprint density at radius 2 is 2.13 bits per heavy atom. The summed E-state index contributed by atoms with van der Waals surface area (Å²) >= 11 is 9.59. The van der Waals surface area contributed by atoms with Gasteiger partial charge < -0.3 is 10.6 Å². The van der Waals surface area contributed by atoms with Crippen molar-refractivity contribution < 1.29 is 0 Å². The molecule has 0 atom stereocenters. The van der Waals surface area contributed by atoms with Gasteiger partial charge in [0, 0.05) is 28.8 Å². The summed E-state index contributed by atoms with van der Waals surface area (Å²) in [7, 11) is 0. The lowest BCUT2D eigenvalue weighted by Gasteiger charge is -2.12. The Labute approximate surface area is 150 Å². The maximum atomic E-state index is 6.04. The lowest BCUT2D eigenvalue weighted by atomic mass is 10.1. The van der Waals surface area contributed by atoms with E-state index in [1.165, 1.54) is 5.56 Å². The number of guanidine groups is 1. The van der Waals surface area contributed by atoms with Crippen LogP contribution in [0.3, 0.4) is 0 Å². The molecule has 2 aromatic rings. The van der Waals surface area contributed by atoms with Crippen molar-refractivity contribution in [2.75, 3.05) is 13.1 Å². The zero-order valence-corrected chi connectivity index (χ0v) is 15.4. The van der Waals surface area contributed by atoms with Gasteiger partial charge in [-0.1, -0.05) is 33.6 Å². The molecule has 0 aliphatic carbocycles. The molecule has 6 heteroatoms. The Kier molecular flexibility index (Phi) is 7.36. The van der Waals surface area contributed by atoms with Crippen LogP contribution in [0.25, 0.3) is 0 Å². The summed E-state index contributed by atoms with van der Waals surface area (Å²) in [5, 5.41) is 7.32. The van der Waals surface area contributed by atoms with E-state index in [9.17, 15) is 0 Å². The Bertz CT molecular complexity index is 646. The van der Waals surface area contributed by atoms with E-state index in [0.717, 1.165) is 40.7 Å². The molecule has 0 aliphatic rings. The van der Waals surface area contributed by atoms with E-state index in [2.05, 4.69) is 36.5 Å². The number of aromatic nitrogens is 1. The zero-order valence-electron chi connectivity index (χ0n) is 13.0. The molecule has 0 radical (unpaired) electrons. The van der Waals surface area contributed by atoms with Crippen molar-refractivity contribution in [1.29, 1.82) is 0 Å². The number of hydrogen-bond acceptors (Lipinski definition) is 2. The van der Waals surface area contributed by atoms with E-state index in [0.29, 0.717) is 6.54 Å². The third-order valence-corrected chi connectivity index (χ3v) is 4.17. The summed E-state index contributed by atoms with van der Waals surface area (Å²) in [5.74, 6) is 0.788. The molecule has 0 bridgehead atoms. The van der Waals surface area contributed by atoms with Gasteiger partial charge in [0.1, 0.15) is 0 Å². The number of rotatable bonds is 6. The molecule has 23 heavy (non-hydrogen) atoms. The normalized spacial score (nSPS) is 11.3. The van der Waals surface area contributed by atoms with Gasteiger partial charge in [0.25, 0.3) is 0 Å². The summed E-state index contributed by atoms with van der Waals surface area (Å²) in [6.07, 6.45) is 2.64. The predicted molar refractivity (Wildman–Crippen MR) is 99.9 cm³/mol. The highest BCUT2D eigenvalue weighted by Crippen LogP contribution is 2.21. The predicted octanol–water partition coefficient (Wildman–Crippen LogP) is 3.80. The second-order valence-electron chi connectivity index (χ2n) is 4.93. The number of pyridine rings is 1. The van der Waals surface area contributed by atoms with Crippen LogP contribution < -0.4 is 10.6 Å². The molecular weight excluding hydrogens is 376 g/mol. The van der Waals surface area contributed by atoms with Crippen LogP contribution in [-0.2, 0) is 13.0 Å². The molecule has 1 aromatic carbocycles. The standard InChI is InChI=1S/C17H20BrClN4/c1-2-20-17(23-12-15-5-3-4-9-21-15)22-10-8-13-11-14(19)6-7-16(13)18/h3-7,9,11H,2,8,10,12H2,1H3,(H2,20,22,23). The molecule has 2 rings (SSSR count). The Morgan fingerprint density at radius 1 is 1.26 bits per heavy atom. The van der Waals surface area contributed by atoms with Crippen LogP contribution in [-0.4, -0.2) is 24.0 Å². The smallest absolute Gasteiger partial charge is 0.191 e. The van der Waals surface area contributed by atoms with Gasteiger partial charge in [0.2, 0.25) is 0 Å². The van der Waals surface area contributed by atoms with Crippen molar-refractivity contribution in [3.63, 3.8) is 0 Å². The highest BCUT2D eigenvalue weighted by atomic mass is 79.9. The average Bonchev–Trinajstić information content (AvgIpc) is 2.56. The molecule has 4 nitrogen and oxygen atoms in total. The molecule has 0 unspecified atom stereocenters. The molecule has 1 aromatic heterocycles. The van der Waals surface area contributed by atoms with E-state index in [4.69, 9.17) is 11.6 Å². The van der Waals surface area contributed by atoms with Crippen molar-refractivity contribution in [3.05, 3.63) is 63.3 Å². The molecular formula is C17H20BrClN4. The van der Waals surface area contributed by atoms with Gasteiger partial charge in [0.05, 0.1) is 12.2 Å². The minimum absolute atomic E-state index is 0.553. The van der Waals surface area contributed by atoms with Crippen molar-refractivity contribution in [2.45, 2.75) is 19.9 Å². The minimum Gasteiger partial charge on any atom is -0.357 e. The zero-order chi connectivity index (χ0) is 16.5. The molecule has 0 aliphatic heterocycles. The number of hydrogen-bond donors (Lipinski definition) is 2. The first-order valence-electron chi connectivity index (χ1n) is 7.55. The Balaban J connectivity index is 1.90. The van der Waals surface area contributed by atoms with Crippen molar-refractivity contribution in [1.82, 2.24) is 15.6 Å². The number of halogens is 2. The van der Waals surface area contributed by atoms with Crippen LogP contribution in [0.15, 0.2) is 52.1 Å². The fourth-order valence-electron chi connectivity index (χ4n) is 2.04. The van der Waals surface area contributed by atoms with E-state index in [1.54, 1.807) is 6.20 Å². The molecule has 122 valence electrons. The SMILES string of the molecule is CCNC(=NCc1ccccn1)NCCc1cc(Cl)ccc1Br.